The molecule has 224 valence electrons. The minimum absolute atomic E-state index is 0.0453. The van der Waals surface area contributed by atoms with Crippen molar-refractivity contribution >= 4 is 23.5 Å². The van der Waals surface area contributed by atoms with E-state index in [1.807, 2.05) is 0 Å². The average Bonchev–Trinajstić information content (AvgIpc) is 3.47. The van der Waals surface area contributed by atoms with Crippen molar-refractivity contribution in [2.75, 3.05) is 4.90 Å². The monoisotopic (exact) mass is 600 g/mol. The molecule has 7 nitrogen and oxygen atoms in total. The predicted molar refractivity (Wildman–Crippen MR) is 155 cm³/mol. The lowest BCUT2D eigenvalue weighted by Gasteiger charge is -2.31. The second-order valence-electron chi connectivity index (χ2n) is 11.1. The highest BCUT2D eigenvalue weighted by Crippen LogP contribution is 2.51. The number of amides is 2. The van der Waals surface area contributed by atoms with E-state index in [2.05, 4.69) is 5.32 Å². The zero-order valence-corrected chi connectivity index (χ0v) is 23.4. The van der Waals surface area contributed by atoms with Crippen molar-refractivity contribution in [3.05, 3.63) is 125 Å². The number of ether oxygens (including phenoxy) is 1. The average molecular weight is 601 g/mol. The third-order valence-corrected chi connectivity index (χ3v) is 8.33. The number of anilines is 1. The van der Waals surface area contributed by atoms with Crippen LogP contribution in [0.2, 0.25) is 0 Å². The number of imide groups is 1. The summed E-state index contributed by atoms with van der Waals surface area (Å²) in [4.78, 5) is 42.5. The summed E-state index contributed by atoms with van der Waals surface area (Å²) in [5.41, 5.74) is -0.523. The van der Waals surface area contributed by atoms with Gasteiger partial charge in [0.1, 0.15) is 17.0 Å². The predicted octanol–water partition coefficient (Wildman–Crippen LogP) is 6.32. The van der Waals surface area contributed by atoms with Crippen molar-refractivity contribution in [3.8, 4) is 11.5 Å². The minimum Gasteiger partial charge on any atom is -0.480 e. The van der Waals surface area contributed by atoms with E-state index in [1.54, 1.807) is 85.8 Å². The molecule has 4 aromatic carbocycles. The molecule has 0 bridgehead atoms. The highest BCUT2D eigenvalue weighted by Gasteiger charge is 2.68. The first-order valence-electron chi connectivity index (χ1n) is 13.9. The fourth-order valence-corrected chi connectivity index (χ4v) is 6.34. The molecule has 2 N–H and O–H groups in total. The molecule has 4 aromatic rings. The van der Waals surface area contributed by atoms with E-state index in [1.165, 1.54) is 12.1 Å². The van der Waals surface area contributed by atoms with Gasteiger partial charge in [-0.1, -0.05) is 66.7 Å². The number of rotatable bonds is 7. The molecule has 0 radical (unpaired) electrons. The van der Waals surface area contributed by atoms with E-state index in [0.717, 1.165) is 17.0 Å². The first kappa shape index (κ1) is 29.1. The number of hydrogen-bond donors (Lipinski definition) is 2. The molecule has 6 rings (SSSR count). The molecule has 2 aliphatic heterocycles. The largest absolute Gasteiger partial charge is 0.480 e. The Kier molecular flexibility index (Phi) is 7.25. The maximum Gasteiger partial charge on any atom is 0.416 e. The van der Waals surface area contributed by atoms with Gasteiger partial charge in [-0.05, 0) is 60.0 Å². The maximum atomic E-state index is 14.1. The summed E-state index contributed by atoms with van der Waals surface area (Å²) in [5, 5.41) is 13.9. The summed E-state index contributed by atoms with van der Waals surface area (Å²) in [6, 6.07) is 25.6. The van der Waals surface area contributed by atoms with Crippen LogP contribution in [-0.2, 0) is 27.0 Å². The molecule has 0 spiro atoms. The fraction of sp³-hybridized carbons (Fsp3) is 0.206. The SMILES string of the molecule is Cc1ccccc1N1C(=O)C2C(c3cccc(Oc4cccc(C(F)(F)F)c4)c3)NC(Cc3ccccc3)(C(=O)O)C2C1=O. The molecule has 0 aromatic heterocycles. The lowest BCUT2D eigenvalue weighted by Crippen LogP contribution is -2.57. The molecule has 0 aliphatic carbocycles. The molecule has 2 fully saturated rings. The normalized spacial score (nSPS) is 23.1. The van der Waals surface area contributed by atoms with Crippen LogP contribution in [0, 0.1) is 18.8 Å². The Morgan fingerprint density at radius 3 is 2.23 bits per heavy atom. The number of carbonyl (C=O) groups is 3. The van der Waals surface area contributed by atoms with Crippen LogP contribution in [0.1, 0.15) is 28.3 Å². The summed E-state index contributed by atoms with van der Waals surface area (Å²) >= 11 is 0. The Morgan fingerprint density at radius 1 is 0.886 bits per heavy atom. The Morgan fingerprint density at radius 2 is 1.55 bits per heavy atom. The van der Waals surface area contributed by atoms with Gasteiger partial charge < -0.3 is 9.84 Å². The van der Waals surface area contributed by atoms with Crippen LogP contribution in [0.3, 0.4) is 0 Å². The number of para-hydroxylation sites is 1. The van der Waals surface area contributed by atoms with E-state index in [4.69, 9.17) is 4.74 Å². The molecular formula is C34H27F3N2O5. The van der Waals surface area contributed by atoms with E-state index in [-0.39, 0.29) is 17.9 Å². The molecule has 0 saturated carbocycles. The molecule has 2 amide bonds. The third kappa shape index (κ3) is 5.01. The Labute approximate surface area is 250 Å². The summed E-state index contributed by atoms with van der Waals surface area (Å²) in [7, 11) is 0. The summed E-state index contributed by atoms with van der Waals surface area (Å²) < 4.78 is 45.6. The van der Waals surface area contributed by atoms with Gasteiger partial charge in [-0.25, -0.2) is 4.90 Å². The number of aryl methyl sites for hydroxylation is 1. The van der Waals surface area contributed by atoms with E-state index >= 15 is 0 Å². The number of carbonyl (C=O) groups excluding carboxylic acids is 2. The molecule has 4 atom stereocenters. The number of carboxylic acid groups (broad SMARTS) is 1. The number of nitrogens with zero attached hydrogens (tertiary/aromatic N) is 1. The van der Waals surface area contributed by atoms with Gasteiger partial charge in [0.05, 0.1) is 23.1 Å². The summed E-state index contributed by atoms with van der Waals surface area (Å²) in [5.74, 6) is -4.61. The number of halogens is 3. The lowest BCUT2D eigenvalue weighted by atomic mass is 9.76. The van der Waals surface area contributed by atoms with Crippen molar-refractivity contribution in [1.29, 1.82) is 0 Å². The van der Waals surface area contributed by atoms with Gasteiger partial charge in [0, 0.05) is 12.5 Å². The topological polar surface area (TPSA) is 95.9 Å². The van der Waals surface area contributed by atoms with E-state index in [9.17, 15) is 32.7 Å². The molecule has 4 unspecified atom stereocenters. The van der Waals surface area contributed by atoms with Crippen LogP contribution in [0.15, 0.2) is 103 Å². The van der Waals surface area contributed by atoms with Gasteiger partial charge in [-0.2, -0.15) is 13.2 Å². The Bertz CT molecular complexity index is 1760. The summed E-state index contributed by atoms with van der Waals surface area (Å²) in [6.07, 6.45) is -4.62. The second-order valence-corrected chi connectivity index (χ2v) is 11.1. The highest BCUT2D eigenvalue weighted by molar-refractivity contribution is 6.24. The van der Waals surface area contributed by atoms with Crippen LogP contribution in [0.4, 0.5) is 18.9 Å². The fourth-order valence-electron chi connectivity index (χ4n) is 6.34. The van der Waals surface area contributed by atoms with Crippen molar-refractivity contribution in [3.63, 3.8) is 0 Å². The van der Waals surface area contributed by atoms with Gasteiger partial charge in [-0.15, -0.1) is 0 Å². The maximum absolute atomic E-state index is 14.1. The summed E-state index contributed by atoms with van der Waals surface area (Å²) in [6.45, 7) is 1.77. The Balaban J connectivity index is 1.43. The van der Waals surface area contributed by atoms with Crippen LogP contribution in [0.25, 0.3) is 0 Å². The molecular weight excluding hydrogens is 573 g/mol. The lowest BCUT2D eigenvalue weighted by molar-refractivity contribution is -0.148. The van der Waals surface area contributed by atoms with Crippen molar-refractivity contribution in [2.24, 2.45) is 11.8 Å². The Hall–Kier alpha value is -4.96. The van der Waals surface area contributed by atoms with Crippen LogP contribution >= 0.6 is 0 Å². The van der Waals surface area contributed by atoms with Gasteiger partial charge in [0.2, 0.25) is 11.8 Å². The number of hydrogen-bond acceptors (Lipinski definition) is 5. The van der Waals surface area contributed by atoms with Gasteiger partial charge in [0.25, 0.3) is 0 Å². The first-order chi connectivity index (χ1) is 21.0. The number of fused-ring (bicyclic) bond motifs is 1. The van der Waals surface area contributed by atoms with Gasteiger partial charge in [0.15, 0.2) is 0 Å². The standard InChI is InChI=1S/C34H27F3N2O5/c1-20-9-5-6-16-26(20)39-30(40)27-28(31(39)41)33(32(42)43,19-21-10-3-2-4-11-21)38-29(27)22-12-7-14-24(17-22)44-25-15-8-13-23(18-25)34(35,36)37/h2-18,27-29,38H,19H2,1H3,(H,42,43). The van der Waals surface area contributed by atoms with Gasteiger partial charge >= 0.3 is 12.1 Å². The van der Waals surface area contributed by atoms with E-state index < -0.39 is 52.9 Å². The minimum atomic E-state index is -4.55. The zero-order chi connectivity index (χ0) is 31.2. The number of benzene rings is 4. The number of nitrogens with one attached hydrogen (secondary N) is 1. The zero-order valence-electron chi connectivity index (χ0n) is 23.4. The number of carboxylic acids is 1. The van der Waals surface area contributed by atoms with Crippen molar-refractivity contribution < 1.29 is 37.4 Å². The van der Waals surface area contributed by atoms with Crippen molar-refractivity contribution in [1.82, 2.24) is 5.32 Å². The second kappa shape index (κ2) is 10.9. The van der Waals surface area contributed by atoms with E-state index in [0.29, 0.717) is 22.4 Å². The molecule has 44 heavy (non-hydrogen) atoms. The molecule has 2 heterocycles. The van der Waals surface area contributed by atoms with Gasteiger partial charge in [-0.3, -0.25) is 19.7 Å². The number of aliphatic carboxylic acids is 1. The third-order valence-electron chi connectivity index (χ3n) is 8.33. The van der Waals surface area contributed by atoms with Crippen LogP contribution < -0.4 is 15.0 Å². The van der Waals surface area contributed by atoms with Crippen molar-refractivity contribution in [2.45, 2.75) is 31.1 Å². The molecule has 2 aliphatic rings. The van der Waals surface area contributed by atoms with Crippen LogP contribution in [-0.4, -0.2) is 28.4 Å². The molecule has 10 heteroatoms. The molecule has 2 saturated heterocycles. The smallest absolute Gasteiger partial charge is 0.416 e. The highest BCUT2D eigenvalue weighted by atomic mass is 19.4. The quantitative estimate of drug-likeness (QED) is 0.241. The number of alkyl halides is 3. The first-order valence-corrected chi connectivity index (χ1v) is 13.9. The van der Waals surface area contributed by atoms with Crippen LogP contribution in [0.5, 0.6) is 11.5 Å².